The lowest BCUT2D eigenvalue weighted by molar-refractivity contribution is 0.0941. The van der Waals surface area contributed by atoms with Crippen molar-refractivity contribution in [3.05, 3.63) is 120 Å². The van der Waals surface area contributed by atoms with Crippen molar-refractivity contribution in [1.82, 2.24) is 14.9 Å². The number of aryl methyl sites for hydroxylation is 1. The van der Waals surface area contributed by atoms with E-state index in [2.05, 4.69) is 10.3 Å². The Morgan fingerprint density at radius 3 is 2.39 bits per heavy atom. The highest BCUT2D eigenvalue weighted by Gasteiger charge is 2.21. The molecule has 0 fully saturated rings. The lowest BCUT2D eigenvalue weighted by atomic mass is 10.1. The molecule has 5 nitrogen and oxygen atoms in total. The molecule has 4 aromatic rings. The highest BCUT2D eigenvalue weighted by Crippen LogP contribution is 2.22. The number of halogens is 1. The quantitative estimate of drug-likeness (QED) is 0.478. The predicted molar refractivity (Wildman–Crippen MR) is 116 cm³/mol. The molecule has 31 heavy (non-hydrogen) atoms. The molecule has 1 N–H and O–H groups in total. The monoisotopic (exact) mass is 415 g/mol. The van der Waals surface area contributed by atoms with Crippen molar-refractivity contribution in [3.8, 4) is 5.75 Å². The molecule has 3 aromatic carbocycles. The number of amides is 1. The van der Waals surface area contributed by atoms with Crippen LogP contribution >= 0.6 is 0 Å². The first-order chi connectivity index (χ1) is 15.1. The van der Waals surface area contributed by atoms with Crippen LogP contribution in [0.2, 0.25) is 0 Å². The average molecular weight is 415 g/mol. The van der Waals surface area contributed by atoms with Crippen LogP contribution in [0, 0.1) is 5.82 Å². The van der Waals surface area contributed by atoms with Gasteiger partial charge in [0.15, 0.2) is 0 Å². The first-order valence-corrected chi connectivity index (χ1v) is 9.90. The smallest absolute Gasteiger partial charge is 0.252 e. The second kappa shape index (κ2) is 9.26. The summed E-state index contributed by atoms with van der Waals surface area (Å²) in [5.74, 6) is 0.744. The summed E-state index contributed by atoms with van der Waals surface area (Å²) in [5.41, 5.74) is 2.31. The molecule has 0 radical (unpaired) electrons. The zero-order chi connectivity index (χ0) is 21.6. The van der Waals surface area contributed by atoms with Crippen molar-refractivity contribution < 1.29 is 13.9 Å². The summed E-state index contributed by atoms with van der Waals surface area (Å²) in [7, 11) is 1.85. The molecule has 6 heteroatoms. The van der Waals surface area contributed by atoms with Crippen LogP contribution in [0.1, 0.15) is 33.4 Å². The zero-order valence-electron chi connectivity index (χ0n) is 17.0. The third-order valence-corrected chi connectivity index (χ3v) is 4.96. The molecular formula is C25H22FN3O2. The van der Waals surface area contributed by atoms with E-state index in [4.69, 9.17) is 4.74 Å². The van der Waals surface area contributed by atoms with Gasteiger partial charge in [0.05, 0.1) is 0 Å². The molecule has 1 amide bonds. The normalized spacial score (nSPS) is 11.7. The van der Waals surface area contributed by atoms with Gasteiger partial charge in [0.2, 0.25) is 0 Å². The third kappa shape index (κ3) is 4.98. The summed E-state index contributed by atoms with van der Waals surface area (Å²) in [6.45, 7) is 0.457. The van der Waals surface area contributed by atoms with Gasteiger partial charge in [-0.15, -0.1) is 0 Å². The highest BCUT2D eigenvalue weighted by atomic mass is 19.1. The van der Waals surface area contributed by atoms with Crippen LogP contribution in [-0.4, -0.2) is 15.5 Å². The number of nitrogens with one attached hydrogen (secondary N) is 1. The largest absolute Gasteiger partial charge is 0.489 e. The van der Waals surface area contributed by atoms with Gasteiger partial charge >= 0.3 is 0 Å². The topological polar surface area (TPSA) is 56.2 Å². The molecule has 0 saturated heterocycles. The second-order valence-electron chi connectivity index (χ2n) is 7.15. The molecule has 0 aliphatic carbocycles. The van der Waals surface area contributed by atoms with Gasteiger partial charge in [-0.25, -0.2) is 9.37 Å². The molecule has 1 heterocycles. The molecular weight excluding hydrogens is 393 g/mol. The number of aromatic nitrogens is 2. The minimum atomic E-state index is -0.512. The van der Waals surface area contributed by atoms with Crippen molar-refractivity contribution in [3.63, 3.8) is 0 Å². The number of nitrogens with zero attached hydrogens (tertiary/aromatic N) is 2. The minimum absolute atomic E-state index is 0.257. The van der Waals surface area contributed by atoms with E-state index in [0.29, 0.717) is 23.7 Å². The molecule has 1 aromatic heterocycles. The fourth-order valence-electron chi connectivity index (χ4n) is 3.27. The van der Waals surface area contributed by atoms with Crippen LogP contribution in [0.15, 0.2) is 91.3 Å². The SMILES string of the molecule is Cn1ccnc1C(NC(=O)c1ccc(OCc2ccccc2)cc1)c1ccc(F)cc1. The number of hydrogen-bond acceptors (Lipinski definition) is 3. The average Bonchev–Trinajstić information content (AvgIpc) is 3.23. The summed E-state index contributed by atoms with van der Waals surface area (Å²) in [6.07, 6.45) is 3.47. The van der Waals surface area contributed by atoms with E-state index in [-0.39, 0.29) is 11.7 Å². The Morgan fingerprint density at radius 1 is 1.03 bits per heavy atom. The zero-order valence-corrected chi connectivity index (χ0v) is 17.0. The van der Waals surface area contributed by atoms with Crippen molar-refractivity contribution >= 4 is 5.91 Å². The lowest BCUT2D eigenvalue weighted by Gasteiger charge is -2.19. The maximum Gasteiger partial charge on any atom is 0.252 e. The van der Waals surface area contributed by atoms with Gasteiger partial charge in [-0.2, -0.15) is 0 Å². The number of ether oxygens (including phenoxy) is 1. The summed E-state index contributed by atoms with van der Waals surface area (Å²) < 4.78 is 21.0. The first-order valence-electron chi connectivity index (χ1n) is 9.90. The van der Waals surface area contributed by atoms with Crippen molar-refractivity contribution in [2.45, 2.75) is 12.6 Å². The maximum absolute atomic E-state index is 13.4. The number of rotatable bonds is 7. The van der Waals surface area contributed by atoms with Gasteiger partial charge in [-0.1, -0.05) is 42.5 Å². The van der Waals surface area contributed by atoms with Crippen LogP contribution in [0.5, 0.6) is 5.75 Å². The van der Waals surface area contributed by atoms with E-state index < -0.39 is 6.04 Å². The van der Waals surface area contributed by atoms with Gasteiger partial charge in [0.25, 0.3) is 5.91 Å². The van der Waals surface area contributed by atoms with Gasteiger partial charge < -0.3 is 14.6 Å². The molecule has 4 rings (SSSR count). The lowest BCUT2D eigenvalue weighted by Crippen LogP contribution is -2.31. The van der Waals surface area contributed by atoms with E-state index in [1.54, 1.807) is 48.8 Å². The molecule has 0 bridgehead atoms. The van der Waals surface area contributed by atoms with E-state index in [1.165, 1.54) is 12.1 Å². The maximum atomic E-state index is 13.4. The van der Waals surface area contributed by atoms with Gasteiger partial charge in [-0.3, -0.25) is 4.79 Å². The van der Waals surface area contributed by atoms with Gasteiger partial charge in [0.1, 0.15) is 30.0 Å². The van der Waals surface area contributed by atoms with Crippen molar-refractivity contribution in [2.75, 3.05) is 0 Å². The Bertz CT molecular complexity index is 1140. The molecule has 0 saturated carbocycles. The van der Waals surface area contributed by atoms with Crippen LogP contribution in [0.4, 0.5) is 4.39 Å². The molecule has 1 atom stereocenters. The summed E-state index contributed by atoms with van der Waals surface area (Å²) in [4.78, 5) is 17.3. The molecule has 0 aliphatic heterocycles. The van der Waals surface area contributed by atoms with Crippen LogP contribution in [0.25, 0.3) is 0 Å². The first kappa shape index (κ1) is 20.3. The van der Waals surface area contributed by atoms with Crippen molar-refractivity contribution in [1.29, 1.82) is 0 Å². The molecule has 1 unspecified atom stereocenters. The van der Waals surface area contributed by atoms with E-state index in [1.807, 2.05) is 41.9 Å². The third-order valence-electron chi connectivity index (χ3n) is 4.96. The standard InChI is InChI=1S/C25H22FN3O2/c1-29-16-15-27-24(29)23(19-7-11-21(26)12-8-19)28-25(30)20-9-13-22(14-10-20)31-17-18-5-3-2-4-6-18/h2-16,23H,17H2,1H3,(H,28,30). The summed E-state index contributed by atoms with van der Waals surface area (Å²) >= 11 is 0. The predicted octanol–water partition coefficient (Wildman–Crippen LogP) is 4.66. The fourth-order valence-corrected chi connectivity index (χ4v) is 3.27. The molecule has 0 spiro atoms. The number of benzene rings is 3. The molecule has 0 aliphatic rings. The van der Waals surface area contributed by atoms with Crippen molar-refractivity contribution in [2.24, 2.45) is 7.05 Å². The van der Waals surface area contributed by atoms with Crippen LogP contribution < -0.4 is 10.1 Å². The number of carbonyl (C=O) groups excluding carboxylic acids is 1. The van der Waals surface area contributed by atoms with Gasteiger partial charge in [0, 0.05) is 25.0 Å². The Balaban J connectivity index is 1.48. The molecule has 156 valence electrons. The van der Waals surface area contributed by atoms with E-state index in [9.17, 15) is 9.18 Å². The van der Waals surface area contributed by atoms with Crippen LogP contribution in [-0.2, 0) is 13.7 Å². The fraction of sp³-hybridized carbons (Fsp3) is 0.120. The Labute approximate surface area is 180 Å². The number of carbonyl (C=O) groups is 1. The Hall–Kier alpha value is -3.93. The summed E-state index contributed by atoms with van der Waals surface area (Å²) in [5, 5.41) is 3.00. The van der Waals surface area contributed by atoms with E-state index in [0.717, 1.165) is 11.1 Å². The Kier molecular flexibility index (Phi) is 6.08. The Morgan fingerprint density at radius 2 is 1.74 bits per heavy atom. The van der Waals surface area contributed by atoms with E-state index >= 15 is 0 Å². The summed E-state index contributed by atoms with van der Waals surface area (Å²) in [6, 6.07) is 22.4. The second-order valence-corrected chi connectivity index (χ2v) is 7.15. The number of hydrogen-bond donors (Lipinski definition) is 1. The highest BCUT2D eigenvalue weighted by molar-refractivity contribution is 5.94. The van der Waals surface area contributed by atoms with Crippen LogP contribution in [0.3, 0.4) is 0 Å². The van der Waals surface area contributed by atoms with Gasteiger partial charge in [-0.05, 0) is 47.5 Å². The minimum Gasteiger partial charge on any atom is -0.489 e. The number of imidazole rings is 1.